The molecule has 0 saturated heterocycles. The van der Waals surface area contributed by atoms with Gasteiger partial charge >= 0.3 is 0 Å². The summed E-state index contributed by atoms with van der Waals surface area (Å²) < 4.78 is 0. The second-order valence-electron chi connectivity index (χ2n) is 4.77. The molecule has 5 heteroatoms. The van der Waals surface area contributed by atoms with Crippen LogP contribution in [0.25, 0.3) is 0 Å². The number of nitrogens with one attached hydrogen (secondary N) is 1. The van der Waals surface area contributed by atoms with Gasteiger partial charge in [-0.1, -0.05) is 25.4 Å². The highest BCUT2D eigenvalue weighted by Crippen LogP contribution is 2.38. The van der Waals surface area contributed by atoms with Crippen molar-refractivity contribution in [2.24, 2.45) is 0 Å². The molecule has 19 heavy (non-hydrogen) atoms. The Kier molecular flexibility index (Phi) is 4.32. The molecule has 0 radical (unpaired) electrons. The number of aliphatic hydroxyl groups excluding tert-OH is 1. The van der Waals surface area contributed by atoms with Crippen LogP contribution in [0.1, 0.15) is 38.4 Å². The van der Waals surface area contributed by atoms with E-state index < -0.39 is 6.10 Å². The van der Waals surface area contributed by atoms with Gasteiger partial charge in [0.1, 0.15) is 0 Å². The van der Waals surface area contributed by atoms with Crippen LogP contribution in [0, 0.1) is 0 Å². The van der Waals surface area contributed by atoms with Gasteiger partial charge in [0, 0.05) is 24.3 Å². The zero-order valence-electron chi connectivity index (χ0n) is 11.2. The van der Waals surface area contributed by atoms with Crippen LogP contribution in [0.15, 0.2) is 12.1 Å². The molecule has 0 aromatic heterocycles. The summed E-state index contributed by atoms with van der Waals surface area (Å²) in [4.78, 5) is 13.7. The minimum atomic E-state index is -1.10. The van der Waals surface area contributed by atoms with Crippen molar-refractivity contribution in [1.82, 2.24) is 0 Å². The summed E-state index contributed by atoms with van der Waals surface area (Å²) in [5, 5.41) is 13.0. The summed E-state index contributed by atoms with van der Waals surface area (Å²) in [5.74, 6) is -0.388. The lowest BCUT2D eigenvalue weighted by Gasteiger charge is -2.25. The minimum absolute atomic E-state index is 0.388. The minimum Gasteiger partial charge on any atom is -0.378 e. The van der Waals surface area contributed by atoms with Crippen molar-refractivity contribution in [3.8, 4) is 0 Å². The van der Waals surface area contributed by atoms with E-state index in [0.29, 0.717) is 16.3 Å². The lowest BCUT2D eigenvalue weighted by Crippen LogP contribution is -2.25. The number of amides is 1. The average Bonchev–Trinajstić information content (AvgIpc) is 2.64. The second kappa shape index (κ2) is 5.80. The third kappa shape index (κ3) is 2.69. The molecule has 1 aliphatic rings. The van der Waals surface area contributed by atoms with Crippen LogP contribution in [0.5, 0.6) is 0 Å². The van der Waals surface area contributed by atoms with Crippen LogP contribution in [0.2, 0.25) is 5.02 Å². The molecule has 0 fully saturated rings. The van der Waals surface area contributed by atoms with Crippen molar-refractivity contribution in [2.45, 2.75) is 32.8 Å². The van der Waals surface area contributed by atoms with E-state index in [0.717, 1.165) is 31.6 Å². The Bertz CT molecular complexity index is 485. The molecule has 104 valence electrons. The third-order valence-electron chi connectivity index (χ3n) is 3.25. The van der Waals surface area contributed by atoms with Gasteiger partial charge in [0.05, 0.1) is 10.7 Å². The number of aliphatic hydroxyl groups is 1. The number of hydrogen-bond acceptors (Lipinski definition) is 3. The largest absolute Gasteiger partial charge is 0.378 e. The van der Waals surface area contributed by atoms with E-state index in [1.165, 1.54) is 0 Å². The zero-order chi connectivity index (χ0) is 14.0. The molecule has 1 heterocycles. The first-order valence-electron chi connectivity index (χ1n) is 6.65. The van der Waals surface area contributed by atoms with Crippen molar-refractivity contribution in [1.29, 1.82) is 0 Å². The number of rotatable bonds is 5. The molecule has 1 amide bonds. The molecule has 0 spiro atoms. The molecule has 2 rings (SSSR count). The number of benzene rings is 1. The van der Waals surface area contributed by atoms with E-state index in [9.17, 15) is 9.90 Å². The molecule has 1 aromatic rings. The van der Waals surface area contributed by atoms with Gasteiger partial charge in [0.25, 0.3) is 5.91 Å². The predicted molar refractivity (Wildman–Crippen MR) is 77.8 cm³/mol. The molecule has 4 nitrogen and oxygen atoms in total. The van der Waals surface area contributed by atoms with Gasteiger partial charge in [-0.25, -0.2) is 0 Å². The molecular weight excluding hydrogens is 264 g/mol. The normalized spacial score (nSPS) is 17.3. The first kappa shape index (κ1) is 14.2. The van der Waals surface area contributed by atoms with Crippen LogP contribution in [-0.4, -0.2) is 24.1 Å². The zero-order valence-corrected chi connectivity index (χ0v) is 12.0. The van der Waals surface area contributed by atoms with Gasteiger partial charge in [-0.05, 0) is 25.0 Å². The van der Waals surface area contributed by atoms with E-state index >= 15 is 0 Å². The maximum absolute atomic E-state index is 11.5. The molecule has 0 bridgehead atoms. The molecule has 1 atom stereocenters. The van der Waals surface area contributed by atoms with Crippen LogP contribution in [0.3, 0.4) is 0 Å². The highest BCUT2D eigenvalue weighted by Gasteiger charge is 2.30. The summed E-state index contributed by atoms with van der Waals surface area (Å²) in [6.07, 6.45) is 0.956. The maximum atomic E-state index is 11.5. The summed E-state index contributed by atoms with van der Waals surface area (Å²) in [5.41, 5.74) is 2.14. The van der Waals surface area contributed by atoms with E-state index in [1.807, 2.05) is 6.07 Å². The summed E-state index contributed by atoms with van der Waals surface area (Å²) in [6, 6.07) is 3.55. The van der Waals surface area contributed by atoms with Gasteiger partial charge < -0.3 is 15.3 Å². The first-order chi connectivity index (χ1) is 9.08. The van der Waals surface area contributed by atoms with Crippen molar-refractivity contribution >= 4 is 28.9 Å². The lowest BCUT2D eigenvalue weighted by molar-refractivity contribution is -0.123. The molecule has 1 aromatic carbocycles. The van der Waals surface area contributed by atoms with Crippen LogP contribution in [-0.2, 0) is 4.79 Å². The lowest BCUT2D eigenvalue weighted by atomic mass is 10.1. The van der Waals surface area contributed by atoms with Gasteiger partial charge in [0.2, 0.25) is 0 Å². The Morgan fingerprint density at radius 2 is 1.95 bits per heavy atom. The quantitative estimate of drug-likeness (QED) is 0.873. The number of nitrogens with zero attached hydrogens (tertiary/aromatic N) is 1. The fraction of sp³-hybridized carbons (Fsp3) is 0.500. The fourth-order valence-electron chi connectivity index (χ4n) is 2.39. The Morgan fingerprint density at radius 3 is 2.53 bits per heavy atom. The summed E-state index contributed by atoms with van der Waals surface area (Å²) in [6.45, 7) is 6.08. The van der Waals surface area contributed by atoms with E-state index in [1.54, 1.807) is 6.07 Å². The number of hydrogen-bond donors (Lipinski definition) is 2. The molecular formula is C14H19ClN2O2. The topological polar surface area (TPSA) is 52.6 Å². The number of carbonyl (C=O) groups is 1. The van der Waals surface area contributed by atoms with Gasteiger partial charge in [-0.2, -0.15) is 0 Å². The Morgan fingerprint density at radius 1 is 1.32 bits per heavy atom. The van der Waals surface area contributed by atoms with Crippen LogP contribution in [0.4, 0.5) is 11.4 Å². The van der Waals surface area contributed by atoms with E-state index in [4.69, 9.17) is 11.6 Å². The van der Waals surface area contributed by atoms with Crippen LogP contribution < -0.4 is 10.2 Å². The van der Waals surface area contributed by atoms with Gasteiger partial charge in [-0.3, -0.25) is 4.79 Å². The highest BCUT2D eigenvalue weighted by molar-refractivity contribution is 6.33. The standard InChI is InChI=1S/C14H19ClN2O2/c1-3-5-17(6-4-2)12-8-11-9(7-10(12)15)13(18)14(19)16-11/h7-8,13,18H,3-6H2,1-2H3,(H,16,19). The average molecular weight is 283 g/mol. The Balaban J connectivity index is 2.37. The number of halogens is 1. The Hall–Kier alpha value is -1.26. The second-order valence-corrected chi connectivity index (χ2v) is 5.18. The van der Waals surface area contributed by atoms with Crippen LogP contribution >= 0.6 is 11.6 Å². The van der Waals surface area contributed by atoms with Gasteiger partial charge in [-0.15, -0.1) is 0 Å². The third-order valence-corrected chi connectivity index (χ3v) is 3.55. The van der Waals surface area contributed by atoms with Gasteiger partial charge in [0.15, 0.2) is 6.10 Å². The van der Waals surface area contributed by atoms with Crippen molar-refractivity contribution in [2.75, 3.05) is 23.3 Å². The summed E-state index contributed by atoms with van der Waals surface area (Å²) in [7, 11) is 0. The Labute approximate surface area is 118 Å². The molecule has 2 N–H and O–H groups in total. The highest BCUT2D eigenvalue weighted by atomic mass is 35.5. The monoisotopic (exact) mass is 282 g/mol. The van der Waals surface area contributed by atoms with Crippen molar-refractivity contribution in [3.05, 3.63) is 22.7 Å². The van der Waals surface area contributed by atoms with E-state index in [-0.39, 0.29) is 5.91 Å². The first-order valence-corrected chi connectivity index (χ1v) is 7.03. The molecule has 1 unspecified atom stereocenters. The molecule has 0 aliphatic carbocycles. The summed E-state index contributed by atoms with van der Waals surface area (Å²) >= 11 is 6.30. The molecule has 0 saturated carbocycles. The maximum Gasteiger partial charge on any atom is 0.257 e. The smallest absolute Gasteiger partial charge is 0.257 e. The molecule has 1 aliphatic heterocycles. The number of carbonyl (C=O) groups excluding carboxylic acids is 1. The van der Waals surface area contributed by atoms with E-state index in [2.05, 4.69) is 24.1 Å². The SMILES string of the molecule is CCCN(CCC)c1cc2c(cc1Cl)C(O)C(=O)N2. The van der Waals surface area contributed by atoms with Crippen molar-refractivity contribution in [3.63, 3.8) is 0 Å². The number of fused-ring (bicyclic) bond motifs is 1. The van der Waals surface area contributed by atoms with Crippen molar-refractivity contribution < 1.29 is 9.90 Å². The number of anilines is 2. The predicted octanol–water partition coefficient (Wildman–Crippen LogP) is 2.95. The fourth-order valence-corrected chi connectivity index (χ4v) is 2.68.